The molecule has 0 radical (unpaired) electrons. The van der Waals surface area contributed by atoms with E-state index in [2.05, 4.69) is 0 Å². The number of benzene rings is 1. The Labute approximate surface area is 115 Å². The van der Waals surface area contributed by atoms with Crippen molar-refractivity contribution < 1.29 is 13.7 Å². The molecular weight excluding hydrogens is 272 g/mol. The second-order valence-electron chi connectivity index (χ2n) is 3.95. The predicted octanol–water partition coefficient (Wildman–Crippen LogP) is 2.70. The van der Waals surface area contributed by atoms with Crippen LogP contribution in [0.25, 0.3) is 0 Å². The van der Waals surface area contributed by atoms with Gasteiger partial charge in [0.05, 0.1) is 5.25 Å². The molecule has 0 bridgehead atoms. The van der Waals surface area contributed by atoms with E-state index in [1.807, 2.05) is 0 Å². The Morgan fingerprint density at radius 2 is 2.22 bits per heavy atom. The zero-order valence-electron chi connectivity index (χ0n) is 10.5. The lowest BCUT2D eigenvalue weighted by Gasteiger charge is -2.10. The maximum Gasteiger partial charge on any atom is 0.178 e. The molecule has 2 unspecified atom stereocenters. The minimum Gasteiger partial charge on any atom is -0.385 e. The average molecular weight is 289 g/mol. The van der Waals surface area contributed by atoms with Gasteiger partial charge in [0.25, 0.3) is 0 Å². The van der Waals surface area contributed by atoms with E-state index in [9.17, 15) is 9.00 Å². The summed E-state index contributed by atoms with van der Waals surface area (Å²) in [4.78, 5) is 12.1. The van der Waals surface area contributed by atoms with Crippen LogP contribution in [0.1, 0.15) is 23.7 Å². The highest BCUT2D eigenvalue weighted by Gasteiger charge is 2.21. The SMILES string of the molecule is COCCCS(=O)C(C)C(=O)c1cccc(Cl)c1. The van der Waals surface area contributed by atoms with Crippen LogP contribution in [0, 0.1) is 0 Å². The van der Waals surface area contributed by atoms with Gasteiger partial charge in [-0.05, 0) is 25.5 Å². The number of carbonyl (C=O) groups excluding carboxylic acids is 1. The molecule has 0 aliphatic heterocycles. The van der Waals surface area contributed by atoms with Crippen molar-refractivity contribution in [2.24, 2.45) is 0 Å². The number of ketones is 1. The lowest BCUT2D eigenvalue weighted by atomic mass is 10.1. The molecule has 0 heterocycles. The second-order valence-corrected chi connectivity index (χ2v) is 6.26. The molecule has 0 amide bonds. The van der Waals surface area contributed by atoms with Crippen LogP contribution in [-0.2, 0) is 15.5 Å². The number of halogens is 1. The summed E-state index contributed by atoms with van der Waals surface area (Å²) in [7, 11) is 0.425. The van der Waals surface area contributed by atoms with Gasteiger partial charge in [0, 0.05) is 40.9 Å². The summed E-state index contributed by atoms with van der Waals surface area (Å²) in [5, 5.41) is -0.00135. The fourth-order valence-corrected chi connectivity index (χ4v) is 2.84. The molecule has 3 nitrogen and oxygen atoms in total. The Balaban J connectivity index is 2.63. The van der Waals surface area contributed by atoms with Crippen molar-refractivity contribution in [3.63, 3.8) is 0 Å². The van der Waals surface area contributed by atoms with Gasteiger partial charge in [-0.15, -0.1) is 0 Å². The first-order chi connectivity index (χ1) is 8.56. The second kappa shape index (κ2) is 7.67. The van der Waals surface area contributed by atoms with Gasteiger partial charge in [0.2, 0.25) is 0 Å². The Bertz CT molecular complexity index is 434. The highest BCUT2D eigenvalue weighted by molar-refractivity contribution is 7.86. The third-order valence-corrected chi connectivity index (χ3v) is 4.50. The zero-order chi connectivity index (χ0) is 13.5. The predicted molar refractivity (Wildman–Crippen MR) is 74.7 cm³/mol. The maximum absolute atomic E-state index is 12.1. The maximum atomic E-state index is 12.1. The van der Waals surface area contributed by atoms with Gasteiger partial charge in [-0.2, -0.15) is 0 Å². The van der Waals surface area contributed by atoms with E-state index in [4.69, 9.17) is 16.3 Å². The topological polar surface area (TPSA) is 43.4 Å². The number of carbonyl (C=O) groups is 1. The molecule has 2 atom stereocenters. The summed E-state index contributed by atoms with van der Waals surface area (Å²) in [6.45, 7) is 2.25. The van der Waals surface area contributed by atoms with Crippen molar-refractivity contribution in [3.05, 3.63) is 34.9 Å². The largest absolute Gasteiger partial charge is 0.385 e. The van der Waals surface area contributed by atoms with Crippen LogP contribution >= 0.6 is 11.6 Å². The molecule has 1 aromatic rings. The lowest BCUT2D eigenvalue weighted by molar-refractivity contribution is 0.0992. The summed E-state index contributed by atoms with van der Waals surface area (Å²) >= 11 is 5.83. The number of hydrogen-bond donors (Lipinski definition) is 0. The number of rotatable bonds is 7. The van der Waals surface area contributed by atoms with Crippen molar-refractivity contribution >= 4 is 28.2 Å². The van der Waals surface area contributed by atoms with Gasteiger partial charge in [0.15, 0.2) is 5.78 Å². The Hall–Kier alpha value is -0.710. The van der Waals surface area contributed by atoms with Gasteiger partial charge >= 0.3 is 0 Å². The summed E-state index contributed by atoms with van der Waals surface area (Å²) in [5.41, 5.74) is 0.509. The van der Waals surface area contributed by atoms with Gasteiger partial charge < -0.3 is 4.74 Å². The summed E-state index contributed by atoms with van der Waals surface area (Å²) in [6.07, 6.45) is 0.691. The Morgan fingerprint density at radius 1 is 1.50 bits per heavy atom. The number of methoxy groups -OCH3 is 1. The monoisotopic (exact) mass is 288 g/mol. The molecule has 0 fully saturated rings. The number of ether oxygens (including phenoxy) is 1. The van der Waals surface area contributed by atoms with Crippen LogP contribution in [0.3, 0.4) is 0 Å². The van der Waals surface area contributed by atoms with E-state index in [1.54, 1.807) is 38.3 Å². The third-order valence-electron chi connectivity index (χ3n) is 2.57. The average Bonchev–Trinajstić information content (AvgIpc) is 2.37. The zero-order valence-corrected chi connectivity index (χ0v) is 12.1. The molecular formula is C13H17ClO3S. The molecule has 0 aromatic heterocycles. The van der Waals surface area contributed by atoms with Crippen LogP contribution < -0.4 is 0 Å². The van der Waals surface area contributed by atoms with Crippen molar-refractivity contribution in [2.45, 2.75) is 18.6 Å². The standard InChI is InChI=1S/C13H17ClO3S/c1-10(18(16)8-4-7-17-2)13(15)11-5-3-6-12(14)9-11/h3,5-6,9-10H,4,7-8H2,1-2H3. The van der Waals surface area contributed by atoms with Crippen LogP contribution in [0.5, 0.6) is 0 Å². The van der Waals surface area contributed by atoms with E-state index in [0.29, 0.717) is 29.4 Å². The van der Waals surface area contributed by atoms with Gasteiger partial charge in [-0.1, -0.05) is 23.7 Å². The normalized spacial score (nSPS) is 14.2. The van der Waals surface area contributed by atoms with E-state index in [0.717, 1.165) is 0 Å². The first-order valence-electron chi connectivity index (χ1n) is 5.72. The fourth-order valence-electron chi connectivity index (χ4n) is 1.52. The summed E-state index contributed by atoms with van der Waals surface area (Å²) in [5.74, 6) is 0.342. The van der Waals surface area contributed by atoms with Crippen LogP contribution in [-0.4, -0.2) is 34.7 Å². The highest BCUT2D eigenvalue weighted by atomic mass is 35.5. The van der Waals surface area contributed by atoms with Crippen molar-refractivity contribution in [3.8, 4) is 0 Å². The molecule has 18 heavy (non-hydrogen) atoms. The van der Waals surface area contributed by atoms with Crippen molar-refractivity contribution in [1.29, 1.82) is 0 Å². The van der Waals surface area contributed by atoms with Gasteiger partial charge in [0.1, 0.15) is 0 Å². The van der Waals surface area contributed by atoms with Crippen molar-refractivity contribution in [2.75, 3.05) is 19.5 Å². The molecule has 0 saturated heterocycles. The Kier molecular flexibility index (Phi) is 6.54. The van der Waals surface area contributed by atoms with Gasteiger partial charge in [-0.25, -0.2) is 0 Å². The number of hydrogen-bond acceptors (Lipinski definition) is 3. The van der Waals surface area contributed by atoms with Crippen LogP contribution in [0.15, 0.2) is 24.3 Å². The molecule has 0 aliphatic carbocycles. The highest BCUT2D eigenvalue weighted by Crippen LogP contribution is 2.14. The first-order valence-corrected chi connectivity index (χ1v) is 7.48. The van der Waals surface area contributed by atoms with Crippen LogP contribution in [0.4, 0.5) is 0 Å². The van der Waals surface area contributed by atoms with E-state index in [-0.39, 0.29) is 5.78 Å². The molecule has 0 saturated carbocycles. The van der Waals surface area contributed by atoms with Crippen molar-refractivity contribution in [1.82, 2.24) is 0 Å². The number of Topliss-reactive ketones (excluding diaryl/α,β-unsaturated/α-hetero) is 1. The minimum absolute atomic E-state index is 0.131. The first kappa shape index (κ1) is 15.3. The summed E-state index contributed by atoms with van der Waals surface area (Å²) < 4.78 is 16.8. The molecule has 0 N–H and O–H groups in total. The third kappa shape index (κ3) is 4.52. The summed E-state index contributed by atoms with van der Waals surface area (Å²) in [6, 6.07) is 6.72. The molecule has 1 rings (SSSR count). The van der Waals surface area contributed by atoms with Gasteiger partial charge in [-0.3, -0.25) is 9.00 Å². The molecule has 5 heteroatoms. The molecule has 1 aromatic carbocycles. The van der Waals surface area contributed by atoms with E-state index in [1.165, 1.54) is 0 Å². The minimum atomic E-state index is -1.18. The van der Waals surface area contributed by atoms with E-state index < -0.39 is 16.0 Å². The molecule has 0 aliphatic rings. The smallest absolute Gasteiger partial charge is 0.178 e. The molecule has 100 valence electrons. The van der Waals surface area contributed by atoms with Crippen LogP contribution in [0.2, 0.25) is 5.02 Å². The quantitative estimate of drug-likeness (QED) is 0.572. The van der Waals surface area contributed by atoms with E-state index >= 15 is 0 Å². The molecule has 0 spiro atoms. The lowest BCUT2D eigenvalue weighted by Crippen LogP contribution is -2.25. The Morgan fingerprint density at radius 3 is 2.83 bits per heavy atom. The fraction of sp³-hybridized carbons (Fsp3) is 0.462.